The van der Waals surface area contributed by atoms with Crippen LogP contribution in [0.4, 0.5) is 4.79 Å². The Bertz CT molecular complexity index is 277. The van der Waals surface area contributed by atoms with Crippen LogP contribution < -0.4 is 10.6 Å². The van der Waals surface area contributed by atoms with Gasteiger partial charge >= 0.3 is 6.03 Å². The number of nitrogens with one attached hydrogen (secondary N) is 2. The smallest absolute Gasteiger partial charge is 0.321 e. The van der Waals surface area contributed by atoms with Crippen LogP contribution in [-0.4, -0.2) is 48.5 Å². The molecular weight excluding hydrogens is 216 g/mol. The first-order valence-corrected chi connectivity index (χ1v) is 4.59. The average molecular weight is 232 g/mol. The van der Waals surface area contributed by atoms with Crippen molar-refractivity contribution in [2.24, 2.45) is 0 Å². The van der Waals surface area contributed by atoms with E-state index in [1.807, 2.05) is 5.32 Å². The molecule has 0 saturated heterocycles. The van der Waals surface area contributed by atoms with Gasteiger partial charge in [0.25, 0.3) is 5.91 Å². The zero-order valence-electron chi connectivity index (χ0n) is 9.19. The van der Waals surface area contributed by atoms with Crippen LogP contribution in [-0.2, 0) is 9.53 Å². The number of hydrogen-bond donors (Lipinski definition) is 4. The molecule has 0 aliphatic rings. The Labute approximate surface area is 93.1 Å². The largest absolute Gasteiger partial charge is 0.504 e. The summed E-state index contributed by atoms with van der Waals surface area (Å²) in [5, 5.41) is 21.6. The van der Waals surface area contributed by atoms with Gasteiger partial charge in [-0.2, -0.15) is 0 Å². The van der Waals surface area contributed by atoms with Gasteiger partial charge in [0.1, 0.15) is 0 Å². The minimum atomic E-state index is -1.04. The number of ether oxygens (including phenoxy) is 1. The fourth-order valence-corrected chi connectivity index (χ4v) is 0.751. The van der Waals surface area contributed by atoms with Gasteiger partial charge in [-0.05, 0) is 6.92 Å². The number of hydrogen-bond acceptors (Lipinski definition) is 5. The Kier molecular flexibility index (Phi) is 6.89. The molecule has 92 valence electrons. The average Bonchev–Trinajstić information content (AvgIpc) is 2.26. The first-order chi connectivity index (χ1) is 7.51. The zero-order valence-corrected chi connectivity index (χ0v) is 9.19. The van der Waals surface area contributed by atoms with Crippen LogP contribution in [0.15, 0.2) is 11.8 Å². The van der Waals surface area contributed by atoms with E-state index in [9.17, 15) is 9.59 Å². The van der Waals surface area contributed by atoms with Gasteiger partial charge in [0.05, 0.1) is 26.1 Å². The van der Waals surface area contributed by atoms with E-state index < -0.39 is 24.6 Å². The maximum Gasteiger partial charge on any atom is 0.321 e. The molecule has 7 heteroatoms. The van der Waals surface area contributed by atoms with Gasteiger partial charge in [0, 0.05) is 12.1 Å². The summed E-state index contributed by atoms with van der Waals surface area (Å²) in [7, 11) is 1.38. The van der Waals surface area contributed by atoms with E-state index in [4.69, 9.17) is 10.2 Å². The molecule has 0 saturated carbocycles. The standard InChI is InChI=1S/C9H16N2O5/c1-6(5-16-2)8(14)11-9(15)10-3-7(13)4-12/h5,7,12-13H,3-4H2,1-2H3,(H2,10,11,14,15)/b6-5+. The first kappa shape index (κ1) is 14.4. The summed E-state index contributed by atoms with van der Waals surface area (Å²) in [6, 6.07) is -0.749. The predicted octanol–water partition coefficient (Wildman–Crippen LogP) is -1.28. The van der Waals surface area contributed by atoms with Crippen molar-refractivity contribution in [2.45, 2.75) is 13.0 Å². The monoisotopic (exact) mass is 232 g/mol. The summed E-state index contributed by atoms with van der Waals surface area (Å²) >= 11 is 0. The van der Waals surface area contributed by atoms with Crippen LogP contribution in [0.2, 0.25) is 0 Å². The van der Waals surface area contributed by atoms with Gasteiger partial charge in [-0.3, -0.25) is 10.1 Å². The van der Waals surface area contributed by atoms with Gasteiger partial charge in [-0.1, -0.05) is 0 Å². The number of rotatable bonds is 5. The molecule has 0 radical (unpaired) electrons. The van der Waals surface area contributed by atoms with E-state index in [0.717, 1.165) is 0 Å². The molecule has 0 bridgehead atoms. The molecule has 0 fully saturated rings. The van der Waals surface area contributed by atoms with Crippen LogP contribution in [0.3, 0.4) is 0 Å². The maximum atomic E-state index is 11.2. The van der Waals surface area contributed by atoms with E-state index in [0.29, 0.717) is 0 Å². The molecule has 4 N–H and O–H groups in total. The quantitative estimate of drug-likeness (QED) is 0.348. The fraction of sp³-hybridized carbons (Fsp3) is 0.556. The lowest BCUT2D eigenvalue weighted by molar-refractivity contribution is -0.116. The molecule has 0 aliphatic heterocycles. The second-order valence-corrected chi connectivity index (χ2v) is 3.04. The van der Waals surface area contributed by atoms with Crippen molar-refractivity contribution < 1.29 is 24.5 Å². The molecule has 1 unspecified atom stereocenters. The lowest BCUT2D eigenvalue weighted by Crippen LogP contribution is -2.43. The summed E-state index contributed by atoms with van der Waals surface area (Å²) in [4.78, 5) is 22.3. The van der Waals surface area contributed by atoms with Crippen molar-refractivity contribution >= 4 is 11.9 Å². The van der Waals surface area contributed by atoms with E-state index >= 15 is 0 Å². The van der Waals surface area contributed by atoms with Crippen molar-refractivity contribution in [1.82, 2.24) is 10.6 Å². The zero-order chi connectivity index (χ0) is 12.6. The minimum Gasteiger partial charge on any atom is -0.504 e. The summed E-state index contributed by atoms with van der Waals surface area (Å²) in [5.41, 5.74) is 0.236. The molecule has 16 heavy (non-hydrogen) atoms. The second kappa shape index (κ2) is 7.66. The summed E-state index contributed by atoms with van der Waals surface area (Å²) in [6.45, 7) is 0.883. The Morgan fingerprint density at radius 2 is 2.12 bits per heavy atom. The lowest BCUT2D eigenvalue weighted by atomic mass is 10.3. The van der Waals surface area contributed by atoms with Crippen LogP contribution >= 0.6 is 0 Å². The Balaban J connectivity index is 3.97. The van der Waals surface area contributed by atoms with Crippen molar-refractivity contribution in [3.63, 3.8) is 0 Å². The number of carbonyl (C=O) groups is 2. The first-order valence-electron chi connectivity index (χ1n) is 4.59. The van der Waals surface area contributed by atoms with Crippen molar-refractivity contribution in [1.29, 1.82) is 0 Å². The normalized spacial score (nSPS) is 12.9. The van der Waals surface area contributed by atoms with Crippen molar-refractivity contribution in [3.05, 3.63) is 11.8 Å². The van der Waals surface area contributed by atoms with E-state index in [-0.39, 0.29) is 12.1 Å². The van der Waals surface area contributed by atoms with Crippen LogP contribution in [0.1, 0.15) is 6.92 Å². The third kappa shape index (κ3) is 5.99. The van der Waals surface area contributed by atoms with Crippen molar-refractivity contribution in [2.75, 3.05) is 20.3 Å². The van der Waals surface area contributed by atoms with E-state index in [1.54, 1.807) is 0 Å². The van der Waals surface area contributed by atoms with Gasteiger partial charge in [-0.25, -0.2) is 4.79 Å². The van der Waals surface area contributed by atoms with Crippen LogP contribution in [0.25, 0.3) is 0 Å². The Morgan fingerprint density at radius 3 is 2.62 bits per heavy atom. The molecule has 7 nitrogen and oxygen atoms in total. The van der Waals surface area contributed by atoms with Crippen LogP contribution in [0.5, 0.6) is 0 Å². The summed E-state index contributed by atoms with van der Waals surface area (Å²) in [5.74, 6) is -0.599. The highest BCUT2D eigenvalue weighted by atomic mass is 16.5. The Hall–Kier alpha value is -1.60. The third-order valence-electron chi connectivity index (χ3n) is 1.59. The number of carbonyl (C=O) groups excluding carboxylic acids is 2. The van der Waals surface area contributed by atoms with Crippen LogP contribution in [0, 0.1) is 0 Å². The highest BCUT2D eigenvalue weighted by Gasteiger charge is 2.10. The third-order valence-corrected chi connectivity index (χ3v) is 1.59. The number of urea groups is 1. The number of aliphatic hydroxyl groups excluding tert-OH is 2. The molecule has 0 aromatic carbocycles. The Morgan fingerprint density at radius 1 is 1.50 bits per heavy atom. The van der Waals surface area contributed by atoms with E-state index in [2.05, 4.69) is 10.1 Å². The number of aliphatic hydroxyl groups is 2. The lowest BCUT2D eigenvalue weighted by Gasteiger charge is -2.09. The number of amides is 3. The number of methoxy groups -OCH3 is 1. The molecular formula is C9H16N2O5. The molecule has 1 atom stereocenters. The van der Waals surface area contributed by atoms with Gasteiger partial charge in [0.15, 0.2) is 0 Å². The van der Waals surface area contributed by atoms with E-state index in [1.165, 1.54) is 20.3 Å². The molecule has 0 aliphatic carbocycles. The predicted molar refractivity (Wildman–Crippen MR) is 55.4 cm³/mol. The molecule has 0 aromatic heterocycles. The van der Waals surface area contributed by atoms with Gasteiger partial charge < -0.3 is 20.3 Å². The molecule has 0 spiro atoms. The summed E-state index contributed by atoms with van der Waals surface area (Å²) < 4.78 is 4.59. The van der Waals surface area contributed by atoms with Crippen molar-refractivity contribution in [3.8, 4) is 0 Å². The molecule has 0 aromatic rings. The van der Waals surface area contributed by atoms with Gasteiger partial charge in [-0.15, -0.1) is 0 Å². The topological polar surface area (TPSA) is 108 Å². The molecule has 0 heterocycles. The molecule has 0 rings (SSSR count). The maximum absolute atomic E-state index is 11.2. The highest BCUT2D eigenvalue weighted by Crippen LogP contribution is 1.91. The number of imide groups is 1. The highest BCUT2D eigenvalue weighted by molar-refractivity contribution is 6.03. The van der Waals surface area contributed by atoms with Gasteiger partial charge in [0.2, 0.25) is 0 Å². The SMILES string of the molecule is CO/C=C(\C)C(=O)NC(=O)NCC(O)CO. The molecule has 3 amide bonds. The minimum absolute atomic E-state index is 0.136. The fourth-order valence-electron chi connectivity index (χ4n) is 0.751. The second-order valence-electron chi connectivity index (χ2n) is 3.04. The summed E-state index contributed by atoms with van der Waals surface area (Å²) in [6.07, 6.45) is 0.155.